The van der Waals surface area contributed by atoms with Gasteiger partial charge in [0.2, 0.25) is 11.7 Å². The number of para-hydroxylation sites is 1. The van der Waals surface area contributed by atoms with Gasteiger partial charge in [-0.05, 0) is 35.9 Å². The fraction of sp³-hybridized carbons (Fsp3) is 0.0400. The Bertz CT molecular complexity index is 1760. The molecule has 5 aromatic heterocycles. The van der Waals surface area contributed by atoms with Crippen LogP contribution in [0.15, 0.2) is 88.7 Å². The molecule has 6 aromatic rings. The molecule has 1 aliphatic rings. The van der Waals surface area contributed by atoms with Crippen LogP contribution in [0.4, 0.5) is 0 Å². The minimum atomic E-state index is -0.565. The Morgan fingerprint density at radius 2 is 1.82 bits per heavy atom. The summed E-state index contributed by atoms with van der Waals surface area (Å²) in [5, 5.41) is 5.24. The molecular weight excluding hydrogens is 432 g/mol. The molecule has 0 saturated carbocycles. The number of hydrogen-bond donors (Lipinski definition) is 0. The highest BCUT2D eigenvalue weighted by atomic mass is 16.5. The van der Waals surface area contributed by atoms with Crippen LogP contribution in [0.5, 0.6) is 11.6 Å². The quantitative estimate of drug-likeness (QED) is 0.367. The van der Waals surface area contributed by atoms with Gasteiger partial charge in [0.15, 0.2) is 11.4 Å². The molecule has 6 heterocycles. The van der Waals surface area contributed by atoms with Gasteiger partial charge in [-0.3, -0.25) is 9.97 Å². The lowest BCUT2D eigenvalue weighted by molar-refractivity contribution is 0.422. The smallest absolute Gasteiger partial charge is 0.344 e. The van der Waals surface area contributed by atoms with Gasteiger partial charge in [0.1, 0.15) is 17.6 Å². The zero-order chi connectivity index (χ0) is 22.6. The summed E-state index contributed by atoms with van der Waals surface area (Å²) in [6.07, 6.45) is 6.63. The number of ether oxygens (including phenoxy) is 1. The number of pyridine rings is 2. The number of benzene rings is 1. The topological polar surface area (TPSA) is 108 Å². The molecule has 1 atom stereocenters. The number of hydrogen-bond acceptors (Lipinski definition) is 8. The first kappa shape index (κ1) is 18.6. The molecule has 0 aliphatic carbocycles. The molecule has 0 spiro atoms. The average molecular weight is 446 g/mol. The maximum absolute atomic E-state index is 13.3. The van der Waals surface area contributed by atoms with E-state index in [-0.39, 0.29) is 0 Å². The SMILES string of the molecule is O=c1oc2ccccc2c2c1C(c1cccnc1)c1c(ncn3nc(-c4ccccn4)nc13)O2. The van der Waals surface area contributed by atoms with Crippen LogP contribution >= 0.6 is 0 Å². The van der Waals surface area contributed by atoms with E-state index in [0.717, 1.165) is 5.56 Å². The van der Waals surface area contributed by atoms with Crippen LogP contribution in [0.1, 0.15) is 22.6 Å². The predicted octanol–water partition coefficient (Wildman–Crippen LogP) is 3.97. The summed E-state index contributed by atoms with van der Waals surface area (Å²) in [5.41, 5.74) is 2.86. The minimum Gasteiger partial charge on any atom is -0.437 e. The zero-order valence-electron chi connectivity index (χ0n) is 17.5. The molecule has 9 heteroatoms. The Labute approximate surface area is 191 Å². The first-order valence-corrected chi connectivity index (χ1v) is 10.6. The maximum Gasteiger partial charge on any atom is 0.344 e. The number of fused-ring (bicyclic) bond motifs is 6. The fourth-order valence-corrected chi connectivity index (χ4v) is 4.41. The van der Waals surface area contributed by atoms with E-state index in [1.165, 1.54) is 0 Å². The standard InChI is InChI=1S/C25H14N6O3/c32-25-19-18(14-6-5-10-26-12-14)20-23-29-22(16-8-3-4-11-27-16)30-31(23)13-28-24(20)34-21(19)15-7-1-2-9-17(15)33-25/h1-13,18H. The molecule has 7 rings (SSSR count). The second-order valence-corrected chi connectivity index (χ2v) is 7.83. The lowest BCUT2D eigenvalue weighted by atomic mass is 9.85. The van der Waals surface area contributed by atoms with Gasteiger partial charge in [-0.25, -0.2) is 19.3 Å². The van der Waals surface area contributed by atoms with Gasteiger partial charge >= 0.3 is 5.63 Å². The van der Waals surface area contributed by atoms with Crippen LogP contribution < -0.4 is 10.4 Å². The van der Waals surface area contributed by atoms with E-state index < -0.39 is 11.5 Å². The molecule has 0 N–H and O–H groups in total. The number of aromatic nitrogens is 6. The van der Waals surface area contributed by atoms with Crippen molar-refractivity contribution in [3.05, 3.63) is 107 Å². The van der Waals surface area contributed by atoms with E-state index in [1.807, 2.05) is 48.5 Å². The van der Waals surface area contributed by atoms with E-state index in [9.17, 15) is 4.79 Å². The third-order valence-corrected chi connectivity index (χ3v) is 5.87. The predicted molar refractivity (Wildman–Crippen MR) is 122 cm³/mol. The Hall–Kier alpha value is -4.92. The van der Waals surface area contributed by atoms with Gasteiger partial charge in [-0.2, -0.15) is 0 Å². The summed E-state index contributed by atoms with van der Waals surface area (Å²) in [7, 11) is 0. The van der Waals surface area contributed by atoms with E-state index in [0.29, 0.717) is 50.9 Å². The molecule has 1 aromatic carbocycles. The average Bonchev–Trinajstić information content (AvgIpc) is 3.33. The second kappa shape index (κ2) is 7.04. The van der Waals surface area contributed by atoms with Crippen LogP contribution in [0.2, 0.25) is 0 Å². The molecule has 34 heavy (non-hydrogen) atoms. The summed E-state index contributed by atoms with van der Waals surface area (Å²) in [6, 6.07) is 16.5. The van der Waals surface area contributed by atoms with Crippen LogP contribution in [0.25, 0.3) is 28.1 Å². The van der Waals surface area contributed by atoms with Crippen molar-refractivity contribution in [3.63, 3.8) is 0 Å². The summed E-state index contributed by atoms with van der Waals surface area (Å²) in [6.45, 7) is 0. The van der Waals surface area contributed by atoms with Crippen LogP contribution in [-0.2, 0) is 0 Å². The molecular formula is C25H14N6O3. The van der Waals surface area contributed by atoms with Gasteiger partial charge < -0.3 is 9.15 Å². The number of nitrogens with zero attached hydrogens (tertiary/aromatic N) is 6. The van der Waals surface area contributed by atoms with Crippen molar-refractivity contribution < 1.29 is 9.15 Å². The highest BCUT2D eigenvalue weighted by Crippen LogP contribution is 2.48. The maximum atomic E-state index is 13.3. The molecule has 9 nitrogen and oxygen atoms in total. The zero-order valence-corrected chi connectivity index (χ0v) is 17.5. The Morgan fingerprint density at radius 3 is 2.68 bits per heavy atom. The third-order valence-electron chi connectivity index (χ3n) is 5.87. The fourth-order valence-electron chi connectivity index (χ4n) is 4.41. The third kappa shape index (κ3) is 2.67. The van der Waals surface area contributed by atoms with Crippen LogP contribution in [0.3, 0.4) is 0 Å². The highest BCUT2D eigenvalue weighted by molar-refractivity contribution is 5.86. The Kier molecular flexibility index (Phi) is 3.86. The lowest BCUT2D eigenvalue weighted by Crippen LogP contribution is -2.22. The molecule has 1 unspecified atom stereocenters. The van der Waals surface area contributed by atoms with E-state index in [4.69, 9.17) is 14.1 Å². The minimum absolute atomic E-state index is 0.351. The summed E-state index contributed by atoms with van der Waals surface area (Å²) >= 11 is 0. The molecule has 0 amide bonds. The monoisotopic (exact) mass is 446 g/mol. The van der Waals surface area contributed by atoms with Gasteiger partial charge in [-0.1, -0.05) is 24.3 Å². The first-order valence-electron chi connectivity index (χ1n) is 10.6. The lowest BCUT2D eigenvalue weighted by Gasteiger charge is -2.27. The van der Waals surface area contributed by atoms with E-state index in [1.54, 1.807) is 35.5 Å². The Balaban J connectivity index is 1.56. The van der Waals surface area contributed by atoms with E-state index >= 15 is 0 Å². The van der Waals surface area contributed by atoms with Crippen molar-refractivity contribution in [2.24, 2.45) is 0 Å². The van der Waals surface area contributed by atoms with Crippen molar-refractivity contribution in [2.45, 2.75) is 5.92 Å². The van der Waals surface area contributed by atoms with Crippen molar-refractivity contribution in [2.75, 3.05) is 0 Å². The molecule has 0 radical (unpaired) electrons. The number of rotatable bonds is 2. The van der Waals surface area contributed by atoms with Crippen molar-refractivity contribution in [3.8, 4) is 23.1 Å². The van der Waals surface area contributed by atoms with Crippen LogP contribution in [0, 0.1) is 0 Å². The molecule has 0 fully saturated rings. The van der Waals surface area contributed by atoms with Gasteiger partial charge in [-0.15, -0.1) is 5.10 Å². The van der Waals surface area contributed by atoms with E-state index in [2.05, 4.69) is 20.1 Å². The summed E-state index contributed by atoms with van der Waals surface area (Å²) in [4.78, 5) is 31.2. The molecule has 1 aliphatic heterocycles. The molecule has 162 valence electrons. The Morgan fingerprint density at radius 1 is 0.912 bits per heavy atom. The molecule has 0 saturated heterocycles. The van der Waals surface area contributed by atoms with Crippen molar-refractivity contribution >= 4 is 16.6 Å². The summed E-state index contributed by atoms with van der Waals surface area (Å²) < 4.78 is 13.5. The largest absolute Gasteiger partial charge is 0.437 e. The van der Waals surface area contributed by atoms with Crippen molar-refractivity contribution in [1.29, 1.82) is 0 Å². The van der Waals surface area contributed by atoms with Gasteiger partial charge in [0.05, 0.1) is 22.4 Å². The second-order valence-electron chi connectivity index (χ2n) is 7.83. The van der Waals surface area contributed by atoms with Gasteiger partial charge in [0, 0.05) is 18.6 Å². The normalized spacial score (nSPS) is 14.5. The highest BCUT2D eigenvalue weighted by Gasteiger charge is 2.37. The summed E-state index contributed by atoms with van der Waals surface area (Å²) in [5.74, 6) is 0.654. The molecule has 0 bridgehead atoms. The van der Waals surface area contributed by atoms with Gasteiger partial charge in [0.25, 0.3) is 0 Å². The van der Waals surface area contributed by atoms with Crippen molar-refractivity contribution in [1.82, 2.24) is 29.5 Å². The van der Waals surface area contributed by atoms with Crippen LogP contribution in [-0.4, -0.2) is 29.5 Å². The first-order chi connectivity index (χ1) is 16.8.